The molecule has 0 unspecified atom stereocenters. The molecule has 0 bridgehead atoms. The van der Waals surface area contributed by atoms with Gasteiger partial charge in [0.15, 0.2) is 0 Å². The molecule has 0 spiro atoms. The molecular formula is C6H19As3OS2. The number of rotatable bonds is 4. The van der Waals surface area contributed by atoms with Gasteiger partial charge >= 0.3 is 92.4 Å². The summed E-state index contributed by atoms with van der Waals surface area (Å²) in [6, 6.07) is 0. The van der Waals surface area contributed by atoms with E-state index in [4.69, 9.17) is 0 Å². The van der Waals surface area contributed by atoms with Crippen LogP contribution in [0.3, 0.4) is 0 Å². The van der Waals surface area contributed by atoms with Gasteiger partial charge in [-0.25, -0.2) is 0 Å². The molecule has 0 radical (unpaired) electrons. The summed E-state index contributed by atoms with van der Waals surface area (Å²) >= 11 is -1.47. The Kier molecular flexibility index (Phi) is 5.86. The van der Waals surface area contributed by atoms with Crippen molar-refractivity contribution in [3.05, 3.63) is 0 Å². The zero-order chi connectivity index (χ0) is 10.0. The molecule has 0 rings (SSSR count). The Morgan fingerprint density at radius 1 is 0.917 bits per heavy atom. The van der Waals surface area contributed by atoms with Crippen molar-refractivity contribution in [2.45, 2.75) is 34.3 Å². The maximum absolute atomic E-state index is 10.5. The second kappa shape index (κ2) is 4.91. The standard InChI is InChI=1S/C6H19As3OS2/c1-7(2)11-9(5,6,10)12-8(3)4/h10H,1-6H3. The molecule has 1 N–H and O–H groups in total. The summed E-state index contributed by atoms with van der Waals surface area (Å²) < 4.78 is 10.5. The summed E-state index contributed by atoms with van der Waals surface area (Å²) in [5.74, 6) is 0. The molecule has 6 heteroatoms. The molecular weight excluding hydrogens is 377 g/mol. The van der Waals surface area contributed by atoms with Gasteiger partial charge in [0.25, 0.3) is 0 Å². The summed E-state index contributed by atoms with van der Waals surface area (Å²) in [5, 5.41) is 0. The SMILES string of the molecule is C[As](C)S[As](C)(C)(O)S[As](C)C. The van der Waals surface area contributed by atoms with Crippen molar-refractivity contribution in [3.63, 3.8) is 0 Å². The van der Waals surface area contributed by atoms with Crippen molar-refractivity contribution in [1.82, 2.24) is 0 Å². The average Bonchev–Trinajstić information content (AvgIpc) is 1.49. The molecule has 0 aliphatic carbocycles. The van der Waals surface area contributed by atoms with E-state index in [0.29, 0.717) is 0 Å². The first kappa shape index (κ1) is 14.3. The van der Waals surface area contributed by atoms with Crippen LogP contribution in [0.4, 0.5) is 0 Å². The molecule has 76 valence electrons. The molecule has 1 nitrogen and oxygen atoms in total. The topological polar surface area (TPSA) is 20.2 Å². The first-order valence-electron chi connectivity index (χ1n) is 3.61. The van der Waals surface area contributed by atoms with Gasteiger partial charge in [-0.2, -0.15) is 0 Å². The minimum atomic E-state index is -2.86. The van der Waals surface area contributed by atoms with E-state index < -0.39 is 37.5 Å². The Hall–Kier alpha value is 2.34. The van der Waals surface area contributed by atoms with E-state index in [0.717, 1.165) is 0 Å². The minimum absolute atomic E-state index is 0.734. The molecule has 0 aliphatic rings. The van der Waals surface area contributed by atoms with Crippen LogP contribution in [-0.2, 0) is 0 Å². The molecule has 0 saturated heterocycles. The third-order valence-corrected chi connectivity index (χ3v) is 75.0. The van der Waals surface area contributed by atoms with E-state index in [1.807, 2.05) is 16.6 Å². The fraction of sp³-hybridized carbons (Fsp3) is 1.00. The zero-order valence-corrected chi connectivity index (χ0v) is 15.9. The van der Waals surface area contributed by atoms with Gasteiger partial charge in [-0.3, -0.25) is 0 Å². The average molecular weight is 396 g/mol. The third-order valence-electron chi connectivity index (χ3n) is 0.793. The second-order valence-corrected chi connectivity index (χ2v) is 51.1. The maximum atomic E-state index is 10.5. The van der Waals surface area contributed by atoms with Gasteiger partial charge < -0.3 is 0 Å². The first-order chi connectivity index (χ1) is 5.10. The Labute approximate surface area is 91.3 Å². The van der Waals surface area contributed by atoms with E-state index in [1.54, 1.807) is 0 Å². The van der Waals surface area contributed by atoms with E-state index in [9.17, 15) is 4.10 Å². The summed E-state index contributed by atoms with van der Waals surface area (Å²) in [7, 11) is 1.08. The van der Waals surface area contributed by atoms with Crippen molar-refractivity contribution >= 4 is 54.0 Å². The predicted molar refractivity (Wildman–Crippen MR) is 69.8 cm³/mol. The van der Waals surface area contributed by atoms with Crippen LogP contribution in [0.25, 0.3) is 0 Å². The fourth-order valence-corrected chi connectivity index (χ4v) is 116. The van der Waals surface area contributed by atoms with Crippen molar-refractivity contribution in [2.24, 2.45) is 0 Å². The zero-order valence-electron chi connectivity index (χ0n) is 8.61. The molecule has 0 aromatic rings. The van der Waals surface area contributed by atoms with Crippen molar-refractivity contribution in [3.8, 4) is 0 Å². The van der Waals surface area contributed by atoms with Crippen LogP contribution >= 0.6 is 16.6 Å². The van der Waals surface area contributed by atoms with Crippen LogP contribution in [0, 0.1) is 0 Å². The number of hydrogen-bond acceptors (Lipinski definition) is 3. The van der Waals surface area contributed by atoms with Crippen LogP contribution in [0.15, 0.2) is 0 Å². The molecule has 0 saturated carbocycles. The Morgan fingerprint density at radius 2 is 1.17 bits per heavy atom. The van der Waals surface area contributed by atoms with Gasteiger partial charge in [0.05, 0.1) is 0 Å². The van der Waals surface area contributed by atoms with Crippen LogP contribution in [0.5, 0.6) is 0 Å². The molecule has 0 aromatic heterocycles. The summed E-state index contributed by atoms with van der Waals surface area (Å²) in [6.45, 7) is 0. The second-order valence-electron chi connectivity index (χ2n) is 3.60. The first-order valence-corrected chi connectivity index (χ1v) is 26.4. The summed E-state index contributed by atoms with van der Waals surface area (Å²) in [4.78, 5) is 0. The third kappa shape index (κ3) is 7.71. The molecule has 0 heterocycles. The van der Waals surface area contributed by atoms with Crippen LogP contribution in [-0.4, -0.2) is 41.6 Å². The molecule has 0 atom stereocenters. The molecule has 0 aromatic carbocycles. The van der Waals surface area contributed by atoms with Crippen LogP contribution in [0.1, 0.15) is 0 Å². The van der Waals surface area contributed by atoms with Crippen molar-refractivity contribution in [2.75, 3.05) is 0 Å². The van der Waals surface area contributed by atoms with Gasteiger partial charge in [-0.1, -0.05) is 0 Å². The molecule has 12 heavy (non-hydrogen) atoms. The summed E-state index contributed by atoms with van der Waals surface area (Å²) in [6.07, 6.45) is 0. The monoisotopic (exact) mass is 396 g/mol. The van der Waals surface area contributed by atoms with Crippen molar-refractivity contribution in [1.29, 1.82) is 0 Å². The van der Waals surface area contributed by atoms with E-state index in [-0.39, 0.29) is 0 Å². The van der Waals surface area contributed by atoms with Gasteiger partial charge in [-0.15, -0.1) is 0 Å². The Balaban J connectivity index is 4.28. The van der Waals surface area contributed by atoms with Gasteiger partial charge in [0.1, 0.15) is 0 Å². The van der Waals surface area contributed by atoms with Crippen LogP contribution in [0.2, 0.25) is 34.3 Å². The van der Waals surface area contributed by atoms with E-state index in [1.165, 1.54) is 0 Å². The predicted octanol–water partition coefficient (Wildman–Crippen LogP) is 3.10. The van der Waals surface area contributed by atoms with E-state index >= 15 is 0 Å². The number of hydrogen-bond donors (Lipinski definition) is 1. The van der Waals surface area contributed by atoms with Gasteiger partial charge in [0.2, 0.25) is 0 Å². The fourth-order valence-electron chi connectivity index (χ4n) is 0.947. The molecule has 0 fully saturated rings. The normalized spacial score (nSPS) is 16.6. The Bertz CT molecular complexity index is 139. The van der Waals surface area contributed by atoms with Crippen LogP contribution < -0.4 is 0 Å². The summed E-state index contributed by atoms with van der Waals surface area (Å²) in [5.41, 5.74) is 13.5. The molecule has 0 aliphatic heterocycles. The van der Waals surface area contributed by atoms with Gasteiger partial charge in [-0.05, 0) is 0 Å². The van der Waals surface area contributed by atoms with Crippen molar-refractivity contribution < 1.29 is 4.10 Å². The molecule has 0 amide bonds. The Morgan fingerprint density at radius 3 is 1.33 bits per heavy atom. The quantitative estimate of drug-likeness (QED) is 0.738. The van der Waals surface area contributed by atoms with Gasteiger partial charge in [0, 0.05) is 0 Å². The van der Waals surface area contributed by atoms with E-state index in [2.05, 4.69) is 34.3 Å².